The minimum absolute atomic E-state index is 0.162. The van der Waals surface area contributed by atoms with Crippen molar-refractivity contribution in [2.24, 2.45) is 11.8 Å². The molecule has 0 aromatic heterocycles. The highest BCUT2D eigenvalue weighted by Gasteiger charge is 2.20. The molecular formula is C82H106O4. The fourth-order valence-electron chi connectivity index (χ4n) is 11.1. The Morgan fingerprint density at radius 2 is 0.558 bits per heavy atom. The molecule has 0 aliphatic rings. The van der Waals surface area contributed by atoms with Crippen LogP contribution in [0.2, 0.25) is 0 Å². The second-order valence-corrected chi connectivity index (χ2v) is 23.9. The van der Waals surface area contributed by atoms with E-state index in [2.05, 4.69) is 75.1 Å². The number of benzene rings is 5. The molecule has 0 aliphatic heterocycles. The maximum absolute atomic E-state index is 13.9. The first-order valence-corrected chi connectivity index (χ1v) is 34.3. The number of carbonyl (C=O) groups excluding carboxylic acids is 2. The largest absolute Gasteiger partial charge is 0.492 e. The number of Topliss-reactive ketones (excluding diaryl/α,β-unsaturated/α-hetero) is 2. The van der Waals surface area contributed by atoms with E-state index in [1.807, 2.05) is 121 Å². The summed E-state index contributed by atoms with van der Waals surface area (Å²) in [4.78, 5) is 27.8. The van der Waals surface area contributed by atoms with E-state index in [1.165, 1.54) is 128 Å². The third-order valence-electron chi connectivity index (χ3n) is 16.5. The van der Waals surface area contributed by atoms with Crippen LogP contribution < -0.4 is 9.47 Å². The minimum atomic E-state index is 0.162. The second-order valence-electron chi connectivity index (χ2n) is 23.9. The van der Waals surface area contributed by atoms with E-state index in [-0.39, 0.29) is 11.8 Å². The van der Waals surface area contributed by atoms with Gasteiger partial charge in [-0.2, -0.15) is 0 Å². The SMILES string of the molecule is CCCCCCCCC(CCCCCCCC)C(=O)CCCCOc1cc(C#Cc2ccc(C#Cc3ccccc3)cc2)c(OCCCCC(=O)C(CCCCCCCC)CCCCCCCC)cc1C#Cc1ccc(C#Cc2ccccc2)cc1. The van der Waals surface area contributed by atoms with Crippen LogP contribution in [0.5, 0.6) is 11.5 Å². The molecule has 0 heterocycles. The summed E-state index contributed by atoms with van der Waals surface area (Å²) in [6, 6.07) is 40.1. The lowest BCUT2D eigenvalue weighted by atomic mass is 9.88. The Morgan fingerprint density at radius 1 is 0.302 bits per heavy atom. The zero-order valence-corrected chi connectivity index (χ0v) is 53.8. The van der Waals surface area contributed by atoms with Crippen molar-refractivity contribution in [1.29, 1.82) is 0 Å². The van der Waals surface area contributed by atoms with E-state index in [1.54, 1.807) is 0 Å². The van der Waals surface area contributed by atoms with Crippen LogP contribution in [0.25, 0.3) is 0 Å². The lowest BCUT2D eigenvalue weighted by Crippen LogP contribution is -2.15. The van der Waals surface area contributed by atoms with Gasteiger partial charge >= 0.3 is 0 Å². The van der Waals surface area contributed by atoms with Gasteiger partial charge in [0.1, 0.15) is 23.1 Å². The number of carbonyl (C=O) groups is 2. The first kappa shape index (κ1) is 70.0. The molecule has 0 fully saturated rings. The van der Waals surface area contributed by atoms with Crippen LogP contribution in [0.3, 0.4) is 0 Å². The third-order valence-corrected chi connectivity index (χ3v) is 16.5. The van der Waals surface area contributed by atoms with E-state index in [4.69, 9.17) is 9.47 Å². The number of unbranched alkanes of at least 4 members (excludes halogenated alkanes) is 22. The first-order valence-electron chi connectivity index (χ1n) is 34.3. The number of rotatable bonds is 42. The van der Waals surface area contributed by atoms with E-state index < -0.39 is 0 Å². The quantitative estimate of drug-likeness (QED) is 0.0289. The summed E-state index contributed by atoms with van der Waals surface area (Å²) in [5, 5.41) is 0. The van der Waals surface area contributed by atoms with Gasteiger partial charge in [0.2, 0.25) is 0 Å². The van der Waals surface area contributed by atoms with Gasteiger partial charge in [0.25, 0.3) is 0 Å². The standard InChI is InChI=1S/C82H106O4/c1-5-9-13-17-21-31-43-75(44-32-22-18-14-10-6-2)79(83)47-35-37-65-85-81-67-78(64-62-74-59-55-72(56-60-74)52-50-70-41-29-26-30-42-70)82(68-77(81)63-61-73-57-53-71(54-58-73)51-49-69-39-27-25-28-40-69)86-66-38-36-48-80(84)76(45-33-23-19-15-11-7-3)46-34-24-20-16-12-8-4/h25-30,39-42,53-60,67-68,75-76H,5-24,31-38,43-48,65-66H2,1-4H3. The maximum atomic E-state index is 13.9. The molecule has 5 rings (SSSR count). The van der Waals surface area contributed by atoms with Gasteiger partial charge in [0, 0.05) is 70.2 Å². The monoisotopic (exact) mass is 1150 g/mol. The Bertz CT molecular complexity index is 2650. The molecule has 0 saturated heterocycles. The minimum Gasteiger partial charge on any atom is -0.492 e. The van der Waals surface area contributed by atoms with Crippen molar-refractivity contribution in [2.45, 2.75) is 246 Å². The second kappa shape index (κ2) is 45.6. The fraction of sp³-hybridized carbons (Fsp3) is 0.512. The van der Waals surface area contributed by atoms with Crippen molar-refractivity contribution >= 4 is 11.6 Å². The number of hydrogen-bond acceptors (Lipinski definition) is 4. The molecule has 0 amide bonds. The summed E-state index contributed by atoms with van der Waals surface area (Å²) >= 11 is 0. The molecule has 0 unspecified atom stereocenters. The van der Waals surface area contributed by atoms with Gasteiger partial charge in [-0.05, 0) is 124 Å². The van der Waals surface area contributed by atoms with Crippen LogP contribution in [-0.2, 0) is 9.59 Å². The van der Waals surface area contributed by atoms with Crippen LogP contribution in [0, 0.1) is 59.2 Å². The lowest BCUT2D eigenvalue weighted by molar-refractivity contribution is -0.124. The Morgan fingerprint density at radius 3 is 0.849 bits per heavy atom. The number of hydrogen-bond donors (Lipinski definition) is 0. The van der Waals surface area contributed by atoms with Crippen LogP contribution in [0.15, 0.2) is 121 Å². The van der Waals surface area contributed by atoms with Gasteiger partial charge in [-0.1, -0.05) is 266 Å². The van der Waals surface area contributed by atoms with Crippen molar-refractivity contribution in [3.8, 4) is 58.9 Å². The number of ether oxygens (including phenoxy) is 2. The molecule has 0 N–H and O–H groups in total. The predicted molar refractivity (Wildman–Crippen MR) is 364 cm³/mol. The molecule has 4 nitrogen and oxygen atoms in total. The van der Waals surface area contributed by atoms with Crippen molar-refractivity contribution < 1.29 is 19.1 Å². The highest BCUT2D eigenvalue weighted by Crippen LogP contribution is 2.31. The first-order chi connectivity index (χ1) is 42.4. The molecule has 0 spiro atoms. The van der Waals surface area contributed by atoms with Gasteiger partial charge < -0.3 is 9.47 Å². The Labute approximate surface area is 523 Å². The van der Waals surface area contributed by atoms with E-state index in [0.717, 1.165) is 110 Å². The Hall–Kier alpha value is -6.72. The molecule has 4 heteroatoms. The molecular weight excluding hydrogens is 1050 g/mol. The summed E-state index contributed by atoms with van der Waals surface area (Å²) in [6.07, 6.45) is 38.2. The zero-order chi connectivity index (χ0) is 60.8. The molecule has 86 heavy (non-hydrogen) atoms. The fourth-order valence-corrected chi connectivity index (χ4v) is 11.1. The van der Waals surface area contributed by atoms with Gasteiger partial charge in [-0.25, -0.2) is 0 Å². The average molecular weight is 1160 g/mol. The smallest absolute Gasteiger partial charge is 0.136 e. The summed E-state index contributed by atoms with van der Waals surface area (Å²) in [7, 11) is 0. The molecule has 0 bridgehead atoms. The Balaban J connectivity index is 1.37. The molecule has 0 radical (unpaired) electrons. The molecule has 5 aromatic carbocycles. The zero-order valence-electron chi connectivity index (χ0n) is 53.8. The van der Waals surface area contributed by atoms with Gasteiger partial charge in [0.15, 0.2) is 0 Å². The van der Waals surface area contributed by atoms with E-state index in [9.17, 15) is 9.59 Å². The molecule has 0 aliphatic carbocycles. The highest BCUT2D eigenvalue weighted by atomic mass is 16.5. The molecule has 458 valence electrons. The van der Waals surface area contributed by atoms with Crippen LogP contribution in [0.1, 0.15) is 291 Å². The van der Waals surface area contributed by atoms with E-state index >= 15 is 0 Å². The van der Waals surface area contributed by atoms with Crippen LogP contribution >= 0.6 is 0 Å². The van der Waals surface area contributed by atoms with Crippen molar-refractivity contribution in [1.82, 2.24) is 0 Å². The molecule has 0 saturated carbocycles. The number of ketones is 2. The predicted octanol–water partition coefficient (Wildman–Crippen LogP) is 21.8. The van der Waals surface area contributed by atoms with Crippen LogP contribution in [0.4, 0.5) is 0 Å². The van der Waals surface area contributed by atoms with Crippen molar-refractivity contribution in [2.75, 3.05) is 13.2 Å². The van der Waals surface area contributed by atoms with Crippen molar-refractivity contribution in [3.05, 3.63) is 166 Å². The van der Waals surface area contributed by atoms with Gasteiger partial charge in [-0.15, -0.1) is 0 Å². The third kappa shape index (κ3) is 30.6. The summed E-state index contributed by atoms with van der Waals surface area (Å²) in [5.41, 5.74) is 6.90. The topological polar surface area (TPSA) is 52.6 Å². The van der Waals surface area contributed by atoms with Crippen LogP contribution in [-0.4, -0.2) is 24.8 Å². The van der Waals surface area contributed by atoms with E-state index in [0.29, 0.717) is 60.2 Å². The normalized spacial score (nSPS) is 10.8. The summed E-state index contributed by atoms with van der Waals surface area (Å²) in [6.45, 7) is 9.95. The van der Waals surface area contributed by atoms with Gasteiger partial charge in [-0.3, -0.25) is 9.59 Å². The highest BCUT2D eigenvalue weighted by molar-refractivity contribution is 5.81. The maximum Gasteiger partial charge on any atom is 0.136 e. The van der Waals surface area contributed by atoms with Gasteiger partial charge in [0.05, 0.1) is 24.3 Å². The molecule has 0 atom stereocenters. The Kier molecular flexibility index (Phi) is 37.1. The average Bonchev–Trinajstić information content (AvgIpc) is 3.56. The summed E-state index contributed by atoms with van der Waals surface area (Å²) < 4.78 is 13.4. The lowest BCUT2D eigenvalue weighted by Gasteiger charge is -2.17. The molecule has 5 aromatic rings. The van der Waals surface area contributed by atoms with Crippen molar-refractivity contribution in [3.63, 3.8) is 0 Å². The summed E-state index contributed by atoms with van der Waals surface area (Å²) in [5.74, 6) is 29.3.